The molecular formula is C18H22N2O4S. The van der Waals surface area contributed by atoms with E-state index in [2.05, 4.69) is 10.0 Å². The fourth-order valence-electron chi connectivity index (χ4n) is 1.99. The van der Waals surface area contributed by atoms with Crippen molar-refractivity contribution in [1.82, 2.24) is 10.0 Å². The Balaban J connectivity index is 1.97. The van der Waals surface area contributed by atoms with Crippen LogP contribution < -0.4 is 10.0 Å². The van der Waals surface area contributed by atoms with Crippen molar-refractivity contribution in [3.05, 3.63) is 60.1 Å². The van der Waals surface area contributed by atoms with Crippen molar-refractivity contribution in [1.29, 1.82) is 0 Å². The van der Waals surface area contributed by atoms with Gasteiger partial charge in [0.25, 0.3) is 0 Å². The van der Waals surface area contributed by atoms with Crippen LogP contribution in [0, 0.1) is 0 Å². The zero-order valence-corrected chi connectivity index (χ0v) is 15.0. The monoisotopic (exact) mass is 362 g/mol. The van der Waals surface area contributed by atoms with Crippen molar-refractivity contribution >= 4 is 22.0 Å². The summed E-state index contributed by atoms with van der Waals surface area (Å²) >= 11 is 0. The summed E-state index contributed by atoms with van der Waals surface area (Å²) in [6.07, 6.45) is 5.43. The van der Waals surface area contributed by atoms with Gasteiger partial charge in [-0.2, -0.15) is 0 Å². The number of hydrogen-bond donors (Lipinski definition) is 2. The normalized spacial score (nSPS) is 13.0. The van der Waals surface area contributed by atoms with Crippen molar-refractivity contribution in [3.8, 4) is 0 Å². The van der Waals surface area contributed by atoms with Gasteiger partial charge in [-0.15, -0.1) is 0 Å². The smallest absolute Gasteiger partial charge is 0.244 e. The van der Waals surface area contributed by atoms with Crippen molar-refractivity contribution in [2.75, 3.05) is 0 Å². The Bertz CT molecular complexity index is 809. The molecule has 1 aromatic carbocycles. The van der Waals surface area contributed by atoms with E-state index in [1.807, 2.05) is 13.8 Å². The summed E-state index contributed by atoms with van der Waals surface area (Å²) in [7, 11) is -3.62. The number of carbonyl (C=O) groups is 1. The highest BCUT2D eigenvalue weighted by Crippen LogP contribution is 2.12. The second-order valence-corrected chi connectivity index (χ2v) is 7.39. The minimum Gasteiger partial charge on any atom is -0.468 e. The molecule has 25 heavy (non-hydrogen) atoms. The Labute approximate surface area is 148 Å². The van der Waals surface area contributed by atoms with Crippen LogP contribution in [0.1, 0.15) is 31.6 Å². The van der Waals surface area contributed by atoms with Crippen LogP contribution in [-0.2, 0) is 21.4 Å². The summed E-state index contributed by atoms with van der Waals surface area (Å²) in [5, 5.41) is 2.83. The minimum absolute atomic E-state index is 0.0901. The van der Waals surface area contributed by atoms with Crippen LogP contribution in [0.2, 0.25) is 0 Å². The van der Waals surface area contributed by atoms with Gasteiger partial charge in [0.15, 0.2) is 0 Å². The molecule has 6 nitrogen and oxygen atoms in total. The zero-order chi connectivity index (χ0) is 18.3. The average molecular weight is 362 g/mol. The first-order valence-electron chi connectivity index (χ1n) is 8.01. The van der Waals surface area contributed by atoms with Gasteiger partial charge in [-0.25, -0.2) is 13.1 Å². The highest BCUT2D eigenvalue weighted by Gasteiger charge is 2.13. The van der Waals surface area contributed by atoms with Crippen LogP contribution in [-0.4, -0.2) is 20.4 Å². The SMILES string of the molecule is CC[C@@H](C)NC(=O)/C=C/c1ccc(S(=O)(=O)NCc2ccco2)cc1. The van der Waals surface area contributed by atoms with E-state index in [0.29, 0.717) is 5.76 Å². The highest BCUT2D eigenvalue weighted by molar-refractivity contribution is 7.89. The summed E-state index contributed by atoms with van der Waals surface area (Å²) < 4.78 is 32.0. The molecule has 0 aliphatic heterocycles. The van der Waals surface area contributed by atoms with Crippen LogP contribution in [0.15, 0.2) is 58.1 Å². The van der Waals surface area contributed by atoms with Gasteiger partial charge in [0.2, 0.25) is 15.9 Å². The quantitative estimate of drug-likeness (QED) is 0.707. The molecule has 0 saturated heterocycles. The number of hydrogen-bond acceptors (Lipinski definition) is 4. The first-order chi connectivity index (χ1) is 11.9. The highest BCUT2D eigenvalue weighted by atomic mass is 32.2. The second kappa shape index (κ2) is 8.64. The molecule has 0 fully saturated rings. The fraction of sp³-hybridized carbons (Fsp3) is 0.278. The van der Waals surface area contributed by atoms with Crippen molar-refractivity contribution < 1.29 is 17.6 Å². The molecule has 0 spiro atoms. The molecule has 2 N–H and O–H groups in total. The summed E-state index contributed by atoms with van der Waals surface area (Å²) in [5.74, 6) is 0.363. The first-order valence-corrected chi connectivity index (χ1v) is 9.49. The van der Waals surface area contributed by atoms with Crippen LogP contribution >= 0.6 is 0 Å². The van der Waals surface area contributed by atoms with E-state index in [4.69, 9.17) is 4.42 Å². The molecule has 0 bridgehead atoms. The molecule has 0 radical (unpaired) electrons. The van der Waals surface area contributed by atoms with Gasteiger partial charge in [-0.3, -0.25) is 4.79 Å². The molecule has 1 atom stereocenters. The summed E-state index contributed by atoms with van der Waals surface area (Å²) in [5.41, 5.74) is 0.740. The second-order valence-electron chi connectivity index (χ2n) is 5.62. The minimum atomic E-state index is -3.62. The lowest BCUT2D eigenvalue weighted by Gasteiger charge is -2.08. The molecule has 1 heterocycles. The van der Waals surface area contributed by atoms with Gasteiger partial charge in [0.1, 0.15) is 5.76 Å². The average Bonchev–Trinajstić information content (AvgIpc) is 3.12. The first kappa shape index (κ1) is 19.0. The molecule has 0 saturated carbocycles. The standard InChI is InChI=1S/C18H22N2O4S/c1-3-14(2)20-18(21)11-8-15-6-9-17(10-7-15)25(22,23)19-13-16-5-4-12-24-16/h4-12,14,19H,3,13H2,1-2H3,(H,20,21)/b11-8+/t14-/m1/s1. The number of amides is 1. The predicted molar refractivity (Wildman–Crippen MR) is 96.1 cm³/mol. The van der Waals surface area contributed by atoms with E-state index in [0.717, 1.165) is 12.0 Å². The third-order valence-electron chi connectivity index (χ3n) is 3.64. The van der Waals surface area contributed by atoms with Gasteiger partial charge in [0, 0.05) is 12.1 Å². The molecule has 1 aromatic heterocycles. The van der Waals surface area contributed by atoms with Crippen LogP contribution in [0.25, 0.3) is 6.08 Å². The number of benzene rings is 1. The molecule has 134 valence electrons. The largest absolute Gasteiger partial charge is 0.468 e. The Morgan fingerprint density at radius 3 is 2.56 bits per heavy atom. The lowest BCUT2D eigenvalue weighted by molar-refractivity contribution is -0.117. The van der Waals surface area contributed by atoms with Crippen LogP contribution in [0.3, 0.4) is 0 Å². The third-order valence-corrected chi connectivity index (χ3v) is 5.05. The van der Waals surface area contributed by atoms with Gasteiger partial charge in [-0.05, 0) is 49.2 Å². The molecule has 0 aliphatic carbocycles. The number of sulfonamides is 1. The molecule has 0 unspecified atom stereocenters. The molecule has 7 heteroatoms. The molecule has 1 amide bonds. The third kappa shape index (κ3) is 5.88. The summed E-state index contributed by atoms with van der Waals surface area (Å²) in [6, 6.07) is 9.80. The van der Waals surface area contributed by atoms with E-state index in [-0.39, 0.29) is 23.4 Å². The van der Waals surface area contributed by atoms with Crippen LogP contribution in [0.4, 0.5) is 0 Å². The maximum absolute atomic E-state index is 12.2. The molecule has 2 rings (SSSR count). The van der Waals surface area contributed by atoms with Gasteiger partial charge in [-0.1, -0.05) is 19.1 Å². The van der Waals surface area contributed by atoms with Crippen molar-refractivity contribution in [2.45, 2.75) is 37.8 Å². The molecule has 0 aliphatic rings. The topological polar surface area (TPSA) is 88.4 Å². The molecule has 2 aromatic rings. The summed E-state index contributed by atoms with van der Waals surface area (Å²) in [4.78, 5) is 11.8. The van der Waals surface area contributed by atoms with E-state index < -0.39 is 10.0 Å². The van der Waals surface area contributed by atoms with Gasteiger partial charge < -0.3 is 9.73 Å². The number of nitrogens with one attached hydrogen (secondary N) is 2. The number of carbonyl (C=O) groups excluding carboxylic acids is 1. The maximum atomic E-state index is 12.2. The van der Waals surface area contributed by atoms with E-state index in [9.17, 15) is 13.2 Å². The van der Waals surface area contributed by atoms with Crippen LogP contribution in [0.5, 0.6) is 0 Å². The Kier molecular flexibility index (Phi) is 6.55. The zero-order valence-electron chi connectivity index (χ0n) is 14.2. The van der Waals surface area contributed by atoms with E-state index >= 15 is 0 Å². The van der Waals surface area contributed by atoms with Crippen molar-refractivity contribution in [2.24, 2.45) is 0 Å². The Morgan fingerprint density at radius 1 is 1.24 bits per heavy atom. The number of rotatable bonds is 8. The number of furan rings is 1. The molecular weight excluding hydrogens is 340 g/mol. The fourth-order valence-corrected chi connectivity index (χ4v) is 2.98. The Hall–Kier alpha value is -2.38. The predicted octanol–water partition coefficient (Wildman–Crippen LogP) is 2.69. The van der Waals surface area contributed by atoms with Gasteiger partial charge in [0.05, 0.1) is 17.7 Å². The lowest BCUT2D eigenvalue weighted by Crippen LogP contribution is -2.30. The Morgan fingerprint density at radius 2 is 1.96 bits per heavy atom. The van der Waals surface area contributed by atoms with Gasteiger partial charge >= 0.3 is 0 Å². The summed E-state index contributed by atoms with van der Waals surface area (Å²) in [6.45, 7) is 4.02. The maximum Gasteiger partial charge on any atom is 0.244 e. The van der Waals surface area contributed by atoms with E-state index in [1.165, 1.54) is 24.5 Å². The van der Waals surface area contributed by atoms with E-state index in [1.54, 1.807) is 30.3 Å². The lowest BCUT2D eigenvalue weighted by atomic mass is 10.2. The van der Waals surface area contributed by atoms with Crippen molar-refractivity contribution in [3.63, 3.8) is 0 Å².